The molecule has 0 radical (unpaired) electrons. The Morgan fingerprint density at radius 3 is 2.09 bits per heavy atom. The molecule has 0 aliphatic carbocycles. The lowest BCUT2D eigenvalue weighted by molar-refractivity contribution is -0.926. The normalized spacial score (nSPS) is 16.9. The number of nitrogens with zero attached hydrogens (tertiary/aromatic N) is 2. The Hall–Kier alpha value is -4.01. The first-order valence-corrected chi connectivity index (χ1v) is 15.7. The fraction of sp³-hybridized carbons (Fsp3) is 0.448. The van der Waals surface area contributed by atoms with E-state index in [2.05, 4.69) is 39.9 Å². The van der Waals surface area contributed by atoms with Crippen molar-refractivity contribution in [1.29, 1.82) is 0 Å². The summed E-state index contributed by atoms with van der Waals surface area (Å²) in [6, 6.07) is 12.1. The van der Waals surface area contributed by atoms with Crippen molar-refractivity contribution in [3.8, 4) is 5.75 Å². The van der Waals surface area contributed by atoms with Gasteiger partial charge < -0.3 is 29.3 Å². The average molecular weight is 617 g/mol. The fourth-order valence-corrected chi connectivity index (χ4v) is 4.23. The largest absolute Gasteiger partial charge is 0.748 e. The van der Waals surface area contributed by atoms with Gasteiger partial charge in [0.25, 0.3) is 5.91 Å². The number of pyridine rings is 1. The summed E-state index contributed by atoms with van der Waals surface area (Å²) < 4.78 is 38.6. The van der Waals surface area contributed by atoms with Gasteiger partial charge in [0, 0.05) is 42.0 Å². The van der Waals surface area contributed by atoms with Crippen molar-refractivity contribution in [3.05, 3.63) is 60.1 Å². The van der Waals surface area contributed by atoms with Crippen LogP contribution in [0.5, 0.6) is 5.75 Å². The van der Waals surface area contributed by atoms with Crippen LogP contribution in [0.1, 0.15) is 63.7 Å². The third kappa shape index (κ3) is 11.7. The number of quaternary nitrogens is 1. The average Bonchev–Trinajstić information content (AvgIpc) is 3.39. The van der Waals surface area contributed by atoms with Gasteiger partial charge in [0.05, 0.1) is 35.4 Å². The Kier molecular flexibility index (Phi) is 11.2. The van der Waals surface area contributed by atoms with E-state index < -0.39 is 16.1 Å². The molecule has 3 heterocycles. The van der Waals surface area contributed by atoms with Crippen molar-refractivity contribution in [2.75, 3.05) is 35.3 Å². The summed E-state index contributed by atoms with van der Waals surface area (Å²) in [7, 11) is -3.92. The second-order valence-electron chi connectivity index (χ2n) is 11.7. The first-order chi connectivity index (χ1) is 20.1. The molecule has 4 rings (SSSR count). The Bertz CT molecular complexity index is 1450. The molecule has 13 nitrogen and oxygen atoms in total. The van der Waals surface area contributed by atoms with Crippen LogP contribution in [-0.2, 0) is 15.5 Å². The highest BCUT2D eigenvalue weighted by Crippen LogP contribution is 2.24. The predicted molar refractivity (Wildman–Crippen MR) is 162 cm³/mol. The highest BCUT2D eigenvalue weighted by molar-refractivity contribution is 7.84. The number of urea groups is 1. The number of hydrogen-bond donors (Lipinski definition) is 4. The topological polar surface area (TPSA) is 180 Å². The van der Waals surface area contributed by atoms with Gasteiger partial charge in [0.2, 0.25) is 0 Å². The van der Waals surface area contributed by atoms with Crippen molar-refractivity contribution < 1.29 is 36.7 Å². The van der Waals surface area contributed by atoms with Gasteiger partial charge in [-0.05, 0) is 50.2 Å². The van der Waals surface area contributed by atoms with E-state index >= 15 is 0 Å². The van der Waals surface area contributed by atoms with E-state index in [0.29, 0.717) is 46.7 Å². The molecule has 234 valence electrons. The molecule has 0 saturated carbocycles. The molecule has 1 aliphatic rings. The number of likely N-dealkylation sites (tertiary alicyclic amines) is 1. The zero-order valence-corrected chi connectivity index (χ0v) is 26.1. The molecule has 2 aromatic heterocycles. The number of piperidine rings is 1. The first-order valence-electron chi connectivity index (χ1n) is 13.9. The molecule has 0 spiro atoms. The molecule has 0 atom stereocenters. The SMILES string of the molecule is CC(C)[NH+]1CCC(Oc2ccc(C(=O)Nc3ccc(NC(=O)Nc4cc(C(C)(C)C)on4)cc3)nc2)CC1.CS(=O)(=O)[O-]. The van der Waals surface area contributed by atoms with Crippen molar-refractivity contribution in [2.45, 2.75) is 65.0 Å². The standard InChI is InChI=1S/C28H36N6O4.CH4O3S/c1-18(2)34-14-12-21(13-15-34)37-22-10-11-23(29-17-22)26(35)30-19-6-8-20(9-7-19)31-27(36)32-25-16-24(38-33-25)28(3,4)5;1-5(2,3)4/h6-11,16-18,21H,12-15H2,1-5H3,(H,30,35)(H2,31,32,33,36);1H3,(H,2,3,4). The van der Waals surface area contributed by atoms with E-state index in [1.165, 1.54) is 0 Å². The van der Waals surface area contributed by atoms with Gasteiger partial charge in [-0.25, -0.2) is 18.2 Å². The van der Waals surface area contributed by atoms with Crippen LogP contribution >= 0.6 is 0 Å². The molecular formula is C29H40N6O7S. The molecule has 4 N–H and O–H groups in total. The number of benzene rings is 1. The van der Waals surface area contributed by atoms with Crippen molar-refractivity contribution >= 4 is 39.2 Å². The molecule has 43 heavy (non-hydrogen) atoms. The second kappa shape index (κ2) is 14.4. The lowest BCUT2D eigenvalue weighted by Gasteiger charge is -2.31. The lowest BCUT2D eigenvalue weighted by atomic mass is 9.93. The fourth-order valence-electron chi connectivity index (χ4n) is 4.23. The Labute approximate surface area is 252 Å². The van der Waals surface area contributed by atoms with Gasteiger partial charge in [0.1, 0.15) is 23.3 Å². The van der Waals surface area contributed by atoms with E-state index in [4.69, 9.17) is 22.2 Å². The first kappa shape index (κ1) is 33.5. The van der Waals surface area contributed by atoms with Gasteiger partial charge in [-0.15, -0.1) is 0 Å². The molecule has 3 aromatic rings. The number of anilines is 3. The number of ether oxygens (including phenoxy) is 1. The van der Waals surface area contributed by atoms with Crippen LogP contribution in [0.15, 0.2) is 53.2 Å². The third-order valence-corrected chi connectivity index (χ3v) is 6.55. The van der Waals surface area contributed by atoms with Crippen LogP contribution in [0, 0.1) is 0 Å². The number of carbonyl (C=O) groups excluding carboxylic acids is 2. The molecule has 1 aliphatic heterocycles. The van der Waals surface area contributed by atoms with Crippen molar-refractivity contribution in [3.63, 3.8) is 0 Å². The monoisotopic (exact) mass is 616 g/mol. The smallest absolute Gasteiger partial charge is 0.324 e. The van der Waals surface area contributed by atoms with E-state index in [9.17, 15) is 9.59 Å². The highest BCUT2D eigenvalue weighted by Gasteiger charge is 2.25. The second-order valence-corrected chi connectivity index (χ2v) is 13.1. The van der Waals surface area contributed by atoms with E-state index in [1.54, 1.807) is 53.6 Å². The van der Waals surface area contributed by atoms with Crippen LogP contribution in [0.25, 0.3) is 0 Å². The Morgan fingerprint density at radius 2 is 1.60 bits per heavy atom. The van der Waals surface area contributed by atoms with Crippen LogP contribution < -0.4 is 25.6 Å². The quantitative estimate of drug-likeness (QED) is 0.290. The van der Waals surface area contributed by atoms with Gasteiger partial charge in [-0.2, -0.15) is 0 Å². The van der Waals surface area contributed by atoms with Gasteiger partial charge in [-0.1, -0.05) is 25.9 Å². The number of aromatic nitrogens is 2. The number of hydrogen-bond acceptors (Lipinski definition) is 9. The molecule has 1 saturated heterocycles. The summed E-state index contributed by atoms with van der Waals surface area (Å²) in [5.41, 5.74) is 1.22. The predicted octanol–water partition coefficient (Wildman–Crippen LogP) is 3.26. The molecule has 1 fully saturated rings. The maximum Gasteiger partial charge on any atom is 0.324 e. The minimum Gasteiger partial charge on any atom is -0.748 e. The van der Waals surface area contributed by atoms with E-state index in [1.807, 2.05) is 20.8 Å². The molecule has 0 bridgehead atoms. The molecular weight excluding hydrogens is 576 g/mol. The summed E-state index contributed by atoms with van der Waals surface area (Å²) in [5, 5.41) is 12.1. The van der Waals surface area contributed by atoms with Crippen LogP contribution in [0.2, 0.25) is 0 Å². The maximum absolute atomic E-state index is 12.6. The summed E-state index contributed by atoms with van der Waals surface area (Å²) in [4.78, 5) is 30.8. The van der Waals surface area contributed by atoms with Crippen molar-refractivity contribution in [1.82, 2.24) is 10.1 Å². The summed E-state index contributed by atoms with van der Waals surface area (Å²) in [5.74, 6) is 1.35. The number of amides is 3. The minimum atomic E-state index is -3.92. The molecule has 14 heteroatoms. The molecule has 3 amide bonds. The summed E-state index contributed by atoms with van der Waals surface area (Å²) in [6.45, 7) is 12.7. The van der Waals surface area contributed by atoms with Gasteiger partial charge in [0.15, 0.2) is 5.82 Å². The Morgan fingerprint density at radius 1 is 1.02 bits per heavy atom. The number of carbonyl (C=O) groups is 2. The van der Waals surface area contributed by atoms with Crippen LogP contribution in [0.3, 0.4) is 0 Å². The van der Waals surface area contributed by atoms with Crippen LogP contribution in [-0.4, -0.2) is 66.5 Å². The third-order valence-electron chi connectivity index (χ3n) is 6.55. The van der Waals surface area contributed by atoms with E-state index in [0.717, 1.165) is 25.9 Å². The lowest BCUT2D eigenvalue weighted by Crippen LogP contribution is -3.16. The summed E-state index contributed by atoms with van der Waals surface area (Å²) >= 11 is 0. The van der Waals surface area contributed by atoms with Gasteiger partial charge in [-0.3, -0.25) is 10.1 Å². The van der Waals surface area contributed by atoms with Crippen molar-refractivity contribution in [2.24, 2.45) is 0 Å². The summed E-state index contributed by atoms with van der Waals surface area (Å²) in [6.07, 6.45) is 4.42. The number of nitrogens with one attached hydrogen (secondary N) is 4. The molecule has 1 aromatic carbocycles. The minimum absolute atomic E-state index is 0.185. The highest BCUT2D eigenvalue weighted by atomic mass is 32.2. The van der Waals surface area contributed by atoms with Crippen LogP contribution in [0.4, 0.5) is 22.0 Å². The van der Waals surface area contributed by atoms with Gasteiger partial charge >= 0.3 is 6.03 Å². The zero-order chi connectivity index (χ0) is 31.8. The molecule has 0 unspecified atom stereocenters. The number of rotatable bonds is 7. The Balaban J connectivity index is 0.000000934. The van der Waals surface area contributed by atoms with E-state index in [-0.39, 0.29) is 17.4 Å². The zero-order valence-electron chi connectivity index (χ0n) is 25.3. The maximum atomic E-state index is 12.6.